The highest BCUT2D eigenvalue weighted by Crippen LogP contribution is 2.36. The fourth-order valence-corrected chi connectivity index (χ4v) is 3.78. The molecule has 0 saturated heterocycles. The molecule has 4 nitrogen and oxygen atoms in total. The van der Waals surface area contributed by atoms with Crippen LogP contribution >= 0.6 is 0 Å². The van der Waals surface area contributed by atoms with Crippen molar-refractivity contribution in [2.45, 2.75) is 45.4 Å². The van der Waals surface area contributed by atoms with Crippen molar-refractivity contribution < 1.29 is 13.9 Å². The second kappa shape index (κ2) is 6.41. The zero-order chi connectivity index (χ0) is 19.2. The van der Waals surface area contributed by atoms with Crippen LogP contribution in [0.4, 0.5) is 9.18 Å². The number of aromatic nitrogens is 1. The summed E-state index contributed by atoms with van der Waals surface area (Å²) in [5.41, 5.74) is 3.19. The van der Waals surface area contributed by atoms with Crippen LogP contribution in [0.2, 0.25) is 0 Å². The summed E-state index contributed by atoms with van der Waals surface area (Å²) in [6.45, 7) is 6.16. The van der Waals surface area contributed by atoms with E-state index in [0.717, 1.165) is 28.5 Å². The summed E-state index contributed by atoms with van der Waals surface area (Å²) in [7, 11) is 0. The van der Waals surface area contributed by atoms with Crippen LogP contribution in [0.15, 0.2) is 48.7 Å². The molecule has 1 amide bonds. The first kappa shape index (κ1) is 17.6. The van der Waals surface area contributed by atoms with Crippen LogP contribution in [0, 0.1) is 5.82 Å². The monoisotopic (exact) mass is 366 g/mol. The van der Waals surface area contributed by atoms with Crippen LogP contribution in [0.3, 0.4) is 0 Å². The van der Waals surface area contributed by atoms with Crippen molar-refractivity contribution in [1.29, 1.82) is 0 Å². The molecule has 0 spiro atoms. The van der Waals surface area contributed by atoms with Gasteiger partial charge in [0.05, 0.1) is 11.6 Å². The van der Waals surface area contributed by atoms with E-state index in [4.69, 9.17) is 4.74 Å². The Balaban J connectivity index is 1.68. The van der Waals surface area contributed by atoms with Gasteiger partial charge in [0.2, 0.25) is 0 Å². The molecule has 0 fully saturated rings. The van der Waals surface area contributed by atoms with Gasteiger partial charge in [0.15, 0.2) is 0 Å². The number of carbonyl (C=O) groups excluding carboxylic acids is 1. The Morgan fingerprint density at radius 2 is 1.93 bits per heavy atom. The first-order valence-corrected chi connectivity index (χ1v) is 9.17. The van der Waals surface area contributed by atoms with E-state index in [2.05, 4.69) is 16.0 Å². The van der Waals surface area contributed by atoms with E-state index < -0.39 is 11.7 Å². The average molecular weight is 366 g/mol. The van der Waals surface area contributed by atoms with Crippen molar-refractivity contribution in [3.8, 4) is 11.1 Å². The molecule has 0 aliphatic carbocycles. The molecule has 1 aliphatic rings. The maximum Gasteiger partial charge on any atom is 0.407 e. The molecule has 0 radical (unpaired) electrons. The Hall–Kier alpha value is -2.82. The minimum absolute atomic E-state index is 0.0705. The largest absolute Gasteiger partial charge is 0.444 e. The number of halogens is 1. The Labute approximate surface area is 157 Å². The second-order valence-electron chi connectivity index (χ2n) is 8.04. The zero-order valence-corrected chi connectivity index (χ0v) is 15.8. The van der Waals surface area contributed by atoms with Crippen molar-refractivity contribution in [2.24, 2.45) is 0 Å². The first-order valence-electron chi connectivity index (χ1n) is 9.17. The molecular formula is C22H23FN2O2. The van der Waals surface area contributed by atoms with Crippen molar-refractivity contribution in [1.82, 2.24) is 9.88 Å². The highest BCUT2D eigenvalue weighted by atomic mass is 19.1. The summed E-state index contributed by atoms with van der Waals surface area (Å²) in [5.74, 6) is -0.232. The molecular weight excluding hydrogens is 343 g/mol. The summed E-state index contributed by atoms with van der Waals surface area (Å²) < 4.78 is 21.8. The predicted octanol–water partition coefficient (Wildman–Crippen LogP) is 4.90. The molecule has 2 heterocycles. The van der Waals surface area contributed by atoms with Crippen LogP contribution in [0.1, 0.15) is 26.3 Å². The molecule has 1 atom stereocenters. The number of nitrogens with one attached hydrogen (secondary N) is 1. The van der Waals surface area contributed by atoms with Crippen LogP contribution in [-0.4, -0.2) is 22.3 Å². The normalized spacial score (nSPS) is 16.4. The van der Waals surface area contributed by atoms with Gasteiger partial charge in [0.1, 0.15) is 11.4 Å². The summed E-state index contributed by atoms with van der Waals surface area (Å²) in [5, 5.41) is 4.00. The van der Waals surface area contributed by atoms with Crippen molar-refractivity contribution in [3.05, 3.63) is 60.0 Å². The highest BCUT2D eigenvalue weighted by molar-refractivity contribution is 5.98. The number of para-hydroxylation sites is 1. The molecule has 3 aromatic rings. The maximum absolute atomic E-state index is 14.4. The third-order valence-electron chi connectivity index (χ3n) is 4.75. The average Bonchev–Trinajstić information content (AvgIpc) is 2.93. The van der Waals surface area contributed by atoms with Gasteiger partial charge in [0, 0.05) is 29.3 Å². The third-order valence-corrected chi connectivity index (χ3v) is 4.75. The van der Waals surface area contributed by atoms with Crippen LogP contribution in [0.25, 0.3) is 22.0 Å². The van der Waals surface area contributed by atoms with Crippen LogP contribution in [0.5, 0.6) is 0 Å². The third kappa shape index (κ3) is 3.42. The van der Waals surface area contributed by atoms with Crippen molar-refractivity contribution in [2.75, 3.05) is 0 Å². The summed E-state index contributed by atoms with van der Waals surface area (Å²) in [6, 6.07) is 12.8. The Morgan fingerprint density at radius 3 is 2.67 bits per heavy atom. The summed E-state index contributed by atoms with van der Waals surface area (Å²) in [4.78, 5) is 12.2. The van der Waals surface area contributed by atoms with Gasteiger partial charge in [-0.3, -0.25) is 0 Å². The highest BCUT2D eigenvalue weighted by Gasteiger charge is 2.26. The predicted molar refractivity (Wildman–Crippen MR) is 104 cm³/mol. The van der Waals surface area contributed by atoms with Crippen LogP contribution in [-0.2, 0) is 17.7 Å². The molecule has 1 N–H and O–H groups in total. The van der Waals surface area contributed by atoms with E-state index in [-0.39, 0.29) is 11.9 Å². The summed E-state index contributed by atoms with van der Waals surface area (Å²) >= 11 is 0. The van der Waals surface area contributed by atoms with Gasteiger partial charge in [0.25, 0.3) is 0 Å². The van der Waals surface area contributed by atoms with Gasteiger partial charge in [-0.05, 0) is 38.8 Å². The van der Waals surface area contributed by atoms with Gasteiger partial charge < -0.3 is 14.6 Å². The quantitative estimate of drug-likeness (QED) is 0.701. The lowest BCUT2D eigenvalue weighted by Gasteiger charge is -2.27. The van der Waals surface area contributed by atoms with E-state index in [9.17, 15) is 9.18 Å². The molecule has 140 valence electrons. The van der Waals surface area contributed by atoms with E-state index in [1.54, 1.807) is 12.1 Å². The number of ether oxygens (including phenoxy) is 1. The van der Waals surface area contributed by atoms with Gasteiger partial charge in [-0.25, -0.2) is 9.18 Å². The second-order valence-corrected chi connectivity index (χ2v) is 8.04. The number of amides is 1. The van der Waals surface area contributed by atoms with Crippen molar-refractivity contribution in [3.63, 3.8) is 0 Å². The number of hydrogen-bond acceptors (Lipinski definition) is 2. The Morgan fingerprint density at radius 1 is 1.15 bits per heavy atom. The van der Waals surface area contributed by atoms with Gasteiger partial charge in [-0.2, -0.15) is 0 Å². The standard InChI is InChI=1S/C22H23FN2O2/c1-22(2,3)27-21(26)24-15-11-14-7-6-9-17-18(13-25(12-15)20(14)17)16-8-4-5-10-19(16)23/h4-10,13,15H,11-12H2,1-3H3,(H,24,26)/t15-/m1/s1. The molecule has 27 heavy (non-hydrogen) atoms. The lowest BCUT2D eigenvalue weighted by atomic mass is 9.98. The maximum atomic E-state index is 14.4. The fourth-order valence-electron chi connectivity index (χ4n) is 3.78. The smallest absolute Gasteiger partial charge is 0.407 e. The lowest BCUT2D eigenvalue weighted by Crippen LogP contribution is -2.43. The summed E-state index contributed by atoms with van der Waals surface area (Å²) in [6.07, 6.45) is 2.29. The van der Waals surface area contributed by atoms with Gasteiger partial charge >= 0.3 is 6.09 Å². The number of benzene rings is 2. The van der Waals surface area contributed by atoms with Gasteiger partial charge in [-0.15, -0.1) is 0 Å². The SMILES string of the molecule is CC(C)(C)OC(=O)N[C@@H]1Cc2cccc3c(-c4ccccc4F)cn(c23)C1. The number of carbonyl (C=O) groups is 1. The zero-order valence-electron chi connectivity index (χ0n) is 15.8. The number of nitrogens with zero attached hydrogens (tertiary/aromatic N) is 1. The lowest BCUT2D eigenvalue weighted by molar-refractivity contribution is 0.0498. The first-order chi connectivity index (χ1) is 12.8. The molecule has 1 aliphatic heterocycles. The minimum Gasteiger partial charge on any atom is -0.444 e. The molecule has 4 rings (SSSR count). The number of alkyl carbamates (subject to hydrolysis) is 1. The molecule has 5 heteroatoms. The molecule has 0 bridgehead atoms. The van der Waals surface area contributed by atoms with E-state index >= 15 is 0 Å². The molecule has 0 saturated carbocycles. The van der Waals surface area contributed by atoms with E-state index in [0.29, 0.717) is 12.1 Å². The minimum atomic E-state index is -0.532. The topological polar surface area (TPSA) is 43.3 Å². The van der Waals surface area contributed by atoms with Crippen molar-refractivity contribution >= 4 is 17.0 Å². The fraction of sp³-hybridized carbons (Fsp3) is 0.318. The number of hydrogen-bond donors (Lipinski definition) is 1. The molecule has 2 aromatic carbocycles. The van der Waals surface area contributed by atoms with E-state index in [1.165, 1.54) is 6.07 Å². The molecule has 1 aromatic heterocycles. The molecule has 0 unspecified atom stereocenters. The van der Waals surface area contributed by atoms with Gasteiger partial charge in [-0.1, -0.05) is 36.4 Å². The number of rotatable bonds is 2. The Bertz CT molecular complexity index is 1020. The Kier molecular flexibility index (Phi) is 4.17. The van der Waals surface area contributed by atoms with Crippen LogP contribution < -0.4 is 5.32 Å². The van der Waals surface area contributed by atoms with E-state index in [1.807, 2.05) is 45.2 Å².